The maximum absolute atomic E-state index is 12.4. The molecular weight excluding hydrogens is 366 g/mol. The molecular formula is C26H36F2O. The molecule has 0 saturated heterocycles. The van der Waals surface area contributed by atoms with Gasteiger partial charge in [-0.25, -0.2) is 0 Å². The topological polar surface area (TPSA) is 9.23 Å². The van der Waals surface area contributed by atoms with Gasteiger partial charge >= 0.3 is 6.61 Å². The Morgan fingerprint density at radius 3 is 2.31 bits per heavy atom. The van der Waals surface area contributed by atoms with Crippen molar-refractivity contribution in [3.05, 3.63) is 42.0 Å². The van der Waals surface area contributed by atoms with Gasteiger partial charge in [-0.05, 0) is 111 Å². The highest BCUT2D eigenvalue weighted by molar-refractivity contribution is 5.30. The largest absolute Gasteiger partial charge is 0.435 e. The summed E-state index contributed by atoms with van der Waals surface area (Å²) in [6.45, 7) is -0.492. The Bertz CT molecular complexity index is 668. The third-order valence-corrected chi connectivity index (χ3v) is 8.02. The van der Waals surface area contributed by atoms with Gasteiger partial charge in [0.15, 0.2) is 0 Å². The summed E-state index contributed by atoms with van der Waals surface area (Å²) in [6, 6.07) is 7.42. The first-order chi connectivity index (χ1) is 14.1. The summed E-state index contributed by atoms with van der Waals surface area (Å²) in [5.41, 5.74) is 1.30. The fraction of sp³-hybridized carbons (Fsp3) is 0.692. The van der Waals surface area contributed by atoms with E-state index in [2.05, 4.69) is 23.8 Å². The number of allylic oxidation sites excluding steroid dienone is 2. The molecule has 0 spiro atoms. The van der Waals surface area contributed by atoms with Crippen LogP contribution >= 0.6 is 0 Å². The molecule has 6 atom stereocenters. The number of unbranched alkanes of at least 4 members (excludes halogenated alkanes) is 1. The predicted molar refractivity (Wildman–Crippen MR) is 114 cm³/mol. The van der Waals surface area contributed by atoms with Crippen molar-refractivity contribution in [3.63, 3.8) is 0 Å². The lowest BCUT2D eigenvalue weighted by Crippen LogP contribution is -2.41. The summed E-state index contributed by atoms with van der Waals surface area (Å²) in [7, 11) is 0. The van der Waals surface area contributed by atoms with E-state index in [0.717, 1.165) is 29.6 Å². The first-order valence-electron chi connectivity index (χ1n) is 11.9. The highest BCUT2D eigenvalue weighted by atomic mass is 19.3. The van der Waals surface area contributed by atoms with Gasteiger partial charge in [-0.1, -0.05) is 37.6 Å². The van der Waals surface area contributed by atoms with Gasteiger partial charge in [-0.3, -0.25) is 0 Å². The van der Waals surface area contributed by atoms with E-state index >= 15 is 0 Å². The number of halogens is 2. The van der Waals surface area contributed by atoms with Crippen LogP contribution in [0.15, 0.2) is 36.4 Å². The normalized spacial score (nSPS) is 34.8. The Kier molecular flexibility index (Phi) is 6.92. The first-order valence-corrected chi connectivity index (χ1v) is 11.9. The molecule has 3 fully saturated rings. The number of rotatable bonds is 6. The molecule has 3 aliphatic carbocycles. The second-order valence-electron chi connectivity index (χ2n) is 9.67. The van der Waals surface area contributed by atoms with Crippen molar-refractivity contribution in [1.82, 2.24) is 0 Å². The van der Waals surface area contributed by atoms with Gasteiger partial charge in [-0.15, -0.1) is 0 Å². The van der Waals surface area contributed by atoms with E-state index in [1.807, 2.05) is 12.1 Å². The lowest BCUT2D eigenvalue weighted by atomic mass is 9.55. The molecule has 1 aromatic carbocycles. The van der Waals surface area contributed by atoms with Crippen molar-refractivity contribution in [2.24, 2.45) is 29.6 Å². The highest BCUT2D eigenvalue weighted by Crippen LogP contribution is 2.54. The van der Waals surface area contributed by atoms with Crippen molar-refractivity contribution < 1.29 is 13.5 Å². The van der Waals surface area contributed by atoms with Crippen LogP contribution < -0.4 is 4.74 Å². The Balaban J connectivity index is 1.33. The van der Waals surface area contributed by atoms with E-state index in [1.54, 1.807) is 12.1 Å². The number of hydrogen-bond donors (Lipinski definition) is 0. The van der Waals surface area contributed by atoms with Crippen LogP contribution in [0.5, 0.6) is 5.75 Å². The number of ether oxygens (including phenoxy) is 1. The average molecular weight is 403 g/mol. The molecule has 3 saturated carbocycles. The summed E-state index contributed by atoms with van der Waals surface area (Å²) >= 11 is 0. The fourth-order valence-corrected chi connectivity index (χ4v) is 6.68. The van der Waals surface area contributed by atoms with E-state index in [4.69, 9.17) is 0 Å². The molecule has 6 unspecified atom stereocenters. The molecule has 0 N–H and O–H groups in total. The van der Waals surface area contributed by atoms with Crippen molar-refractivity contribution >= 4 is 0 Å². The molecule has 0 amide bonds. The molecule has 4 rings (SSSR count). The molecule has 1 aromatic rings. The van der Waals surface area contributed by atoms with Gasteiger partial charge in [-0.2, -0.15) is 8.78 Å². The van der Waals surface area contributed by atoms with Gasteiger partial charge in [0.25, 0.3) is 0 Å². The quantitative estimate of drug-likeness (QED) is 0.438. The molecule has 0 aliphatic heterocycles. The van der Waals surface area contributed by atoms with E-state index in [1.165, 1.54) is 69.8 Å². The molecule has 1 nitrogen and oxygen atoms in total. The molecule has 3 aliphatic rings. The van der Waals surface area contributed by atoms with Gasteiger partial charge in [0.2, 0.25) is 0 Å². The number of hydrogen-bond acceptors (Lipinski definition) is 1. The SMILES string of the molecule is CCCC=CC1CCC2C(CCC3CC(c4ccc(OC(F)F)cc4)CCC32)C1. The number of fused-ring (bicyclic) bond motifs is 3. The standard InChI is InChI=1S/C26H36F2O/c1-2-3-4-5-18-6-14-24-21(16-18)7-8-22-17-20(11-15-25(22)24)19-9-12-23(13-10-19)29-26(27)28/h4-5,9-10,12-13,18,20-22,24-26H,2-3,6-8,11,14-17H2,1H3. The summed E-state index contributed by atoms with van der Waals surface area (Å²) < 4.78 is 29.2. The molecule has 0 aromatic heterocycles. The molecule has 3 heteroatoms. The van der Waals surface area contributed by atoms with Gasteiger partial charge in [0, 0.05) is 0 Å². The van der Waals surface area contributed by atoms with Crippen molar-refractivity contribution in [2.45, 2.75) is 83.7 Å². The van der Waals surface area contributed by atoms with Crippen LogP contribution in [0.1, 0.15) is 82.6 Å². The van der Waals surface area contributed by atoms with E-state index in [9.17, 15) is 8.78 Å². The zero-order valence-electron chi connectivity index (χ0n) is 17.7. The number of alkyl halides is 2. The second kappa shape index (κ2) is 9.62. The van der Waals surface area contributed by atoms with Crippen LogP contribution in [0.25, 0.3) is 0 Å². The van der Waals surface area contributed by atoms with Crippen LogP contribution in [0, 0.1) is 29.6 Å². The van der Waals surface area contributed by atoms with E-state index in [0.29, 0.717) is 5.92 Å². The van der Waals surface area contributed by atoms with Crippen LogP contribution in [0.3, 0.4) is 0 Å². The van der Waals surface area contributed by atoms with Gasteiger partial charge in [0.05, 0.1) is 0 Å². The summed E-state index contributed by atoms with van der Waals surface area (Å²) in [4.78, 5) is 0. The third-order valence-electron chi connectivity index (χ3n) is 8.02. The molecule has 29 heavy (non-hydrogen) atoms. The number of benzene rings is 1. The Morgan fingerprint density at radius 1 is 0.931 bits per heavy atom. The lowest BCUT2D eigenvalue weighted by Gasteiger charge is -2.50. The summed E-state index contributed by atoms with van der Waals surface area (Å²) in [5, 5.41) is 0. The molecule has 160 valence electrons. The molecule has 0 radical (unpaired) electrons. The zero-order chi connectivity index (χ0) is 20.2. The monoisotopic (exact) mass is 402 g/mol. The lowest BCUT2D eigenvalue weighted by molar-refractivity contribution is -0.0498. The van der Waals surface area contributed by atoms with Crippen molar-refractivity contribution in [1.29, 1.82) is 0 Å². The van der Waals surface area contributed by atoms with E-state index in [-0.39, 0.29) is 5.75 Å². The first kappa shape index (κ1) is 20.9. The van der Waals surface area contributed by atoms with Crippen LogP contribution in [0.2, 0.25) is 0 Å². The maximum Gasteiger partial charge on any atom is 0.387 e. The Hall–Kier alpha value is -1.38. The maximum atomic E-state index is 12.4. The van der Waals surface area contributed by atoms with Crippen molar-refractivity contribution in [3.8, 4) is 5.75 Å². The van der Waals surface area contributed by atoms with Crippen LogP contribution in [-0.4, -0.2) is 6.61 Å². The minimum absolute atomic E-state index is 0.266. The van der Waals surface area contributed by atoms with Crippen LogP contribution in [0.4, 0.5) is 8.78 Å². The zero-order valence-corrected chi connectivity index (χ0v) is 17.7. The van der Waals surface area contributed by atoms with Gasteiger partial charge in [0.1, 0.15) is 5.75 Å². The molecule has 0 heterocycles. The minimum Gasteiger partial charge on any atom is -0.435 e. The van der Waals surface area contributed by atoms with Crippen molar-refractivity contribution in [2.75, 3.05) is 0 Å². The Morgan fingerprint density at radius 2 is 1.62 bits per heavy atom. The average Bonchev–Trinajstić information content (AvgIpc) is 2.73. The summed E-state index contributed by atoms with van der Waals surface area (Å²) in [5.74, 6) is 5.36. The van der Waals surface area contributed by atoms with Gasteiger partial charge < -0.3 is 4.74 Å². The minimum atomic E-state index is -2.75. The molecule has 0 bridgehead atoms. The smallest absolute Gasteiger partial charge is 0.387 e. The summed E-state index contributed by atoms with van der Waals surface area (Å²) in [6.07, 6.45) is 18.3. The Labute approximate surface area is 174 Å². The second-order valence-corrected chi connectivity index (χ2v) is 9.67. The van der Waals surface area contributed by atoms with E-state index < -0.39 is 6.61 Å². The third kappa shape index (κ3) is 5.03. The fourth-order valence-electron chi connectivity index (χ4n) is 6.68. The highest BCUT2D eigenvalue weighted by Gasteiger charge is 2.44. The van der Waals surface area contributed by atoms with Crippen LogP contribution in [-0.2, 0) is 0 Å². The predicted octanol–water partition coefficient (Wildman–Crippen LogP) is 7.97.